The van der Waals surface area contributed by atoms with Gasteiger partial charge in [-0.1, -0.05) is 44.5 Å². The SMILES string of the molecule is CCC(C)C(N)C(=O)Nc1ccc2c3c(cccc13)CC2.Cl. The van der Waals surface area contributed by atoms with Gasteiger partial charge in [0, 0.05) is 11.1 Å². The molecule has 0 bridgehead atoms. The zero-order valence-electron chi connectivity index (χ0n) is 13.1. The van der Waals surface area contributed by atoms with Crippen molar-refractivity contribution in [3.05, 3.63) is 41.5 Å². The Kier molecular flexibility index (Phi) is 5.09. The van der Waals surface area contributed by atoms with Crippen LogP contribution < -0.4 is 11.1 Å². The molecule has 1 amide bonds. The van der Waals surface area contributed by atoms with Crippen molar-refractivity contribution in [1.29, 1.82) is 0 Å². The molecule has 22 heavy (non-hydrogen) atoms. The predicted molar refractivity (Wildman–Crippen MR) is 94.7 cm³/mol. The quantitative estimate of drug-likeness (QED) is 0.903. The summed E-state index contributed by atoms with van der Waals surface area (Å²) in [5, 5.41) is 5.46. The van der Waals surface area contributed by atoms with Crippen molar-refractivity contribution in [3.63, 3.8) is 0 Å². The van der Waals surface area contributed by atoms with Gasteiger partial charge in [-0.05, 0) is 41.3 Å². The highest BCUT2D eigenvalue weighted by Crippen LogP contribution is 2.35. The minimum absolute atomic E-state index is 0. The summed E-state index contributed by atoms with van der Waals surface area (Å²) < 4.78 is 0. The van der Waals surface area contributed by atoms with Crippen LogP contribution in [0.4, 0.5) is 5.69 Å². The Morgan fingerprint density at radius 1 is 1.23 bits per heavy atom. The number of nitrogens with one attached hydrogen (secondary N) is 1. The summed E-state index contributed by atoms with van der Waals surface area (Å²) in [7, 11) is 0. The number of amides is 1. The molecule has 0 aromatic heterocycles. The van der Waals surface area contributed by atoms with E-state index in [1.807, 2.05) is 13.0 Å². The average Bonchev–Trinajstić information content (AvgIpc) is 2.93. The first-order chi connectivity index (χ1) is 10.1. The number of hydrogen-bond donors (Lipinski definition) is 2. The Morgan fingerprint density at radius 3 is 2.59 bits per heavy atom. The Balaban J connectivity index is 0.00000176. The monoisotopic (exact) mass is 318 g/mol. The van der Waals surface area contributed by atoms with Gasteiger partial charge in [-0.25, -0.2) is 0 Å². The average molecular weight is 319 g/mol. The number of anilines is 1. The first-order valence-corrected chi connectivity index (χ1v) is 7.71. The van der Waals surface area contributed by atoms with Crippen LogP contribution in [0, 0.1) is 5.92 Å². The molecule has 0 aliphatic heterocycles. The largest absolute Gasteiger partial charge is 0.324 e. The summed E-state index contributed by atoms with van der Waals surface area (Å²) in [6, 6.07) is 10.00. The molecule has 3 nitrogen and oxygen atoms in total. The highest BCUT2D eigenvalue weighted by Gasteiger charge is 2.21. The minimum Gasteiger partial charge on any atom is -0.324 e. The molecule has 3 rings (SSSR count). The molecule has 0 saturated heterocycles. The van der Waals surface area contributed by atoms with Crippen LogP contribution in [0.1, 0.15) is 31.4 Å². The molecule has 2 unspecified atom stereocenters. The Labute approximate surface area is 137 Å². The van der Waals surface area contributed by atoms with Gasteiger partial charge < -0.3 is 11.1 Å². The number of carbonyl (C=O) groups is 1. The van der Waals surface area contributed by atoms with E-state index in [1.165, 1.54) is 16.5 Å². The van der Waals surface area contributed by atoms with E-state index in [1.54, 1.807) is 0 Å². The van der Waals surface area contributed by atoms with Crippen LogP contribution in [0.3, 0.4) is 0 Å². The molecule has 2 aromatic carbocycles. The summed E-state index contributed by atoms with van der Waals surface area (Å²) in [5.41, 5.74) is 9.66. The van der Waals surface area contributed by atoms with Crippen molar-refractivity contribution in [3.8, 4) is 0 Å². The smallest absolute Gasteiger partial charge is 0.241 e. The fourth-order valence-electron chi connectivity index (χ4n) is 3.08. The van der Waals surface area contributed by atoms with Gasteiger partial charge in [-0.15, -0.1) is 12.4 Å². The molecule has 1 aliphatic rings. The van der Waals surface area contributed by atoms with Crippen molar-refractivity contribution in [1.82, 2.24) is 0 Å². The zero-order valence-corrected chi connectivity index (χ0v) is 13.9. The van der Waals surface area contributed by atoms with E-state index in [-0.39, 0.29) is 24.2 Å². The summed E-state index contributed by atoms with van der Waals surface area (Å²) >= 11 is 0. The van der Waals surface area contributed by atoms with E-state index in [4.69, 9.17) is 5.73 Å². The fraction of sp³-hybridized carbons (Fsp3) is 0.389. The lowest BCUT2D eigenvalue weighted by atomic mass is 9.98. The maximum Gasteiger partial charge on any atom is 0.241 e. The maximum atomic E-state index is 12.3. The third-order valence-corrected chi connectivity index (χ3v) is 4.69. The Hall–Kier alpha value is -1.58. The van der Waals surface area contributed by atoms with E-state index < -0.39 is 6.04 Å². The van der Waals surface area contributed by atoms with Crippen molar-refractivity contribution in [2.24, 2.45) is 11.7 Å². The van der Waals surface area contributed by atoms with Crippen LogP contribution in [0.25, 0.3) is 10.8 Å². The topological polar surface area (TPSA) is 55.1 Å². The Morgan fingerprint density at radius 2 is 1.91 bits per heavy atom. The van der Waals surface area contributed by atoms with E-state index in [0.717, 1.165) is 30.3 Å². The van der Waals surface area contributed by atoms with Gasteiger partial charge in [0.25, 0.3) is 0 Å². The number of rotatable bonds is 4. The lowest BCUT2D eigenvalue weighted by Gasteiger charge is -2.18. The molecule has 2 aromatic rings. The molecule has 0 radical (unpaired) electrons. The van der Waals surface area contributed by atoms with Gasteiger partial charge in [-0.3, -0.25) is 4.79 Å². The highest BCUT2D eigenvalue weighted by atomic mass is 35.5. The summed E-state index contributed by atoms with van der Waals surface area (Å²) in [6.45, 7) is 4.06. The lowest BCUT2D eigenvalue weighted by Crippen LogP contribution is -2.40. The number of aryl methyl sites for hydroxylation is 2. The van der Waals surface area contributed by atoms with Crippen LogP contribution in [0.2, 0.25) is 0 Å². The van der Waals surface area contributed by atoms with Gasteiger partial charge in [-0.2, -0.15) is 0 Å². The van der Waals surface area contributed by atoms with E-state index >= 15 is 0 Å². The number of benzene rings is 2. The summed E-state index contributed by atoms with van der Waals surface area (Å²) in [5.74, 6) is 0.0878. The summed E-state index contributed by atoms with van der Waals surface area (Å²) in [4.78, 5) is 12.3. The van der Waals surface area contributed by atoms with Gasteiger partial charge in [0.2, 0.25) is 5.91 Å². The molecule has 118 valence electrons. The van der Waals surface area contributed by atoms with E-state index in [9.17, 15) is 4.79 Å². The van der Waals surface area contributed by atoms with Crippen LogP contribution in [-0.2, 0) is 17.6 Å². The standard InChI is InChI=1S/C18H22N2O.ClH/c1-3-11(2)17(19)18(21)20-15-10-9-13-8-7-12-5-4-6-14(15)16(12)13;/h4-6,9-11,17H,3,7-8,19H2,1-2H3,(H,20,21);1H. The Bertz CT molecular complexity index is 689. The van der Waals surface area contributed by atoms with Gasteiger partial charge >= 0.3 is 0 Å². The minimum atomic E-state index is -0.460. The molecular weight excluding hydrogens is 296 g/mol. The molecule has 0 heterocycles. The number of halogens is 1. The number of hydrogen-bond acceptors (Lipinski definition) is 2. The number of carbonyl (C=O) groups excluding carboxylic acids is 1. The van der Waals surface area contributed by atoms with Crippen molar-refractivity contribution >= 4 is 34.8 Å². The predicted octanol–water partition coefficient (Wildman–Crippen LogP) is 3.67. The van der Waals surface area contributed by atoms with Crippen LogP contribution in [0.5, 0.6) is 0 Å². The molecular formula is C18H23ClN2O. The summed E-state index contributed by atoms with van der Waals surface area (Å²) in [6.07, 6.45) is 3.09. The lowest BCUT2D eigenvalue weighted by molar-refractivity contribution is -0.118. The van der Waals surface area contributed by atoms with Gasteiger partial charge in [0.1, 0.15) is 0 Å². The molecule has 0 saturated carbocycles. The third kappa shape index (κ3) is 2.83. The molecule has 2 atom stereocenters. The second kappa shape index (κ2) is 6.67. The van der Waals surface area contributed by atoms with E-state index in [0.29, 0.717) is 0 Å². The van der Waals surface area contributed by atoms with Crippen LogP contribution in [0.15, 0.2) is 30.3 Å². The van der Waals surface area contributed by atoms with E-state index in [2.05, 4.69) is 36.5 Å². The van der Waals surface area contributed by atoms with Crippen LogP contribution in [-0.4, -0.2) is 11.9 Å². The van der Waals surface area contributed by atoms with Gasteiger partial charge in [0.05, 0.1) is 6.04 Å². The van der Waals surface area contributed by atoms with Crippen molar-refractivity contribution < 1.29 is 4.79 Å². The molecule has 1 aliphatic carbocycles. The first-order valence-electron chi connectivity index (χ1n) is 7.71. The third-order valence-electron chi connectivity index (χ3n) is 4.69. The van der Waals surface area contributed by atoms with Crippen LogP contribution >= 0.6 is 12.4 Å². The van der Waals surface area contributed by atoms with Crippen molar-refractivity contribution in [2.45, 2.75) is 39.2 Å². The maximum absolute atomic E-state index is 12.3. The molecule has 0 fully saturated rings. The van der Waals surface area contributed by atoms with Crippen molar-refractivity contribution in [2.75, 3.05) is 5.32 Å². The van der Waals surface area contributed by atoms with Gasteiger partial charge in [0.15, 0.2) is 0 Å². The first kappa shape index (κ1) is 16.8. The molecule has 4 heteroatoms. The highest BCUT2D eigenvalue weighted by molar-refractivity contribution is 6.06. The second-order valence-corrected chi connectivity index (χ2v) is 6.01. The second-order valence-electron chi connectivity index (χ2n) is 6.01. The molecule has 0 spiro atoms. The zero-order chi connectivity index (χ0) is 15.0. The normalized spacial score (nSPS) is 15.2. The fourth-order valence-corrected chi connectivity index (χ4v) is 3.08. The number of nitrogens with two attached hydrogens (primary N) is 1. The molecule has 3 N–H and O–H groups in total.